The van der Waals surface area contributed by atoms with E-state index >= 15 is 0 Å². The Kier molecular flexibility index (Phi) is 6.55. The van der Waals surface area contributed by atoms with Crippen molar-refractivity contribution in [2.45, 2.75) is 6.54 Å². The number of nitrogens with zero attached hydrogens (tertiary/aromatic N) is 2. The molecule has 0 radical (unpaired) electrons. The monoisotopic (exact) mass is 272 g/mol. The molecule has 1 heterocycles. The second kappa shape index (κ2) is 7.79. The van der Waals surface area contributed by atoms with Gasteiger partial charge in [0.1, 0.15) is 0 Å². The van der Waals surface area contributed by atoms with Gasteiger partial charge in [-0.15, -0.1) is 0 Å². The average Bonchev–Trinajstić information content (AvgIpc) is 2.28. The lowest BCUT2D eigenvalue weighted by atomic mass is 10.2. The Morgan fingerprint density at radius 2 is 2.07 bits per heavy atom. The smallest absolute Gasteiger partial charge is 0.0589 e. The molecule has 4 heteroatoms. The van der Waals surface area contributed by atoms with Crippen molar-refractivity contribution >= 4 is 15.9 Å². The van der Waals surface area contributed by atoms with Crippen molar-refractivity contribution in [3.63, 3.8) is 0 Å². The van der Waals surface area contributed by atoms with Gasteiger partial charge in [-0.25, -0.2) is 0 Å². The summed E-state index contributed by atoms with van der Waals surface area (Å²) in [7, 11) is 1.73. The maximum absolute atomic E-state index is 5.09. The minimum Gasteiger partial charge on any atom is -0.383 e. The molecule has 0 N–H and O–H groups in total. The highest BCUT2D eigenvalue weighted by Gasteiger charge is 2.04. The van der Waals surface area contributed by atoms with Gasteiger partial charge in [-0.3, -0.25) is 9.88 Å². The van der Waals surface area contributed by atoms with E-state index in [1.54, 1.807) is 7.11 Å². The van der Waals surface area contributed by atoms with Crippen LogP contribution in [-0.2, 0) is 11.3 Å². The van der Waals surface area contributed by atoms with Crippen LogP contribution in [0.4, 0.5) is 0 Å². The average molecular weight is 273 g/mol. The number of halogens is 1. The fourth-order valence-electron chi connectivity index (χ4n) is 1.36. The standard InChI is InChI=1S/C11H17BrN2O/c1-15-9-8-14(7-4-12)10-11-2-5-13-6-3-11/h2-3,5-6H,4,7-10H2,1H3. The van der Waals surface area contributed by atoms with Crippen LogP contribution in [0.5, 0.6) is 0 Å². The zero-order valence-corrected chi connectivity index (χ0v) is 10.6. The molecule has 84 valence electrons. The maximum atomic E-state index is 5.09. The molecule has 0 aromatic carbocycles. The van der Waals surface area contributed by atoms with Crippen LogP contribution in [0.25, 0.3) is 0 Å². The molecule has 0 fully saturated rings. The third-order valence-corrected chi connectivity index (χ3v) is 2.52. The quantitative estimate of drug-likeness (QED) is 0.710. The van der Waals surface area contributed by atoms with Gasteiger partial charge in [0, 0.05) is 44.5 Å². The van der Waals surface area contributed by atoms with Gasteiger partial charge in [0.25, 0.3) is 0 Å². The maximum Gasteiger partial charge on any atom is 0.0589 e. The Hall–Kier alpha value is -0.450. The van der Waals surface area contributed by atoms with E-state index in [1.807, 2.05) is 24.5 Å². The predicted molar refractivity (Wildman–Crippen MR) is 65.2 cm³/mol. The molecule has 1 aromatic rings. The van der Waals surface area contributed by atoms with Gasteiger partial charge in [0.2, 0.25) is 0 Å². The van der Waals surface area contributed by atoms with Gasteiger partial charge in [-0.05, 0) is 17.7 Å². The number of ether oxygens (including phenoxy) is 1. The van der Waals surface area contributed by atoms with Crippen molar-refractivity contribution < 1.29 is 4.74 Å². The number of hydrogen-bond donors (Lipinski definition) is 0. The highest BCUT2D eigenvalue weighted by Crippen LogP contribution is 2.03. The first-order chi connectivity index (χ1) is 7.36. The van der Waals surface area contributed by atoms with Gasteiger partial charge >= 0.3 is 0 Å². The topological polar surface area (TPSA) is 25.4 Å². The summed E-state index contributed by atoms with van der Waals surface area (Å²) in [5.74, 6) is 0. The van der Waals surface area contributed by atoms with Gasteiger partial charge in [0.05, 0.1) is 6.61 Å². The molecule has 1 rings (SSSR count). The summed E-state index contributed by atoms with van der Waals surface area (Å²) >= 11 is 3.46. The van der Waals surface area contributed by atoms with E-state index in [2.05, 4.69) is 25.8 Å². The van der Waals surface area contributed by atoms with Gasteiger partial charge < -0.3 is 4.74 Å². The molecule has 15 heavy (non-hydrogen) atoms. The fourth-order valence-corrected chi connectivity index (χ4v) is 1.86. The summed E-state index contributed by atoms with van der Waals surface area (Å²) < 4.78 is 5.09. The summed E-state index contributed by atoms with van der Waals surface area (Å²) in [5, 5.41) is 0.988. The SMILES string of the molecule is COCCN(CCBr)Cc1ccncc1. The molecule has 3 nitrogen and oxygen atoms in total. The zero-order valence-electron chi connectivity index (χ0n) is 9.03. The van der Waals surface area contributed by atoms with Crippen LogP contribution in [-0.4, -0.2) is 42.0 Å². The van der Waals surface area contributed by atoms with Crippen molar-refractivity contribution in [3.05, 3.63) is 30.1 Å². The van der Waals surface area contributed by atoms with Crippen LogP contribution < -0.4 is 0 Å². The number of hydrogen-bond acceptors (Lipinski definition) is 3. The molecule has 0 amide bonds. The summed E-state index contributed by atoms with van der Waals surface area (Å²) in [4.78, 5) is 6.36. The van der Waals surface area contributed by atoms with Crippen LogP contribution in [0.15, 0.2) is 24.5 Å². The lowest BCUT2D eigenvalue weighted by Crippen LogP contribution is -2.28. The number of aromatic nitrogens is 1. The van der Waals surface area contributed by atoms with Crippen molar-refractivity contribution in [1.82, 2.24) is 9.88 Å². The van der Waals surface area contributed by atoms with Crippen molar-refractivity contribution in [1.29, 1.82) is 0 Å². The van der Waals surface area contributed by atoms with E-state index in [4.69, 9.17) is 4.74 Å². The van der Waals surface area contributed by atoms with Gasteiger partial charge in [-0.2, -0.15) is 0 Å². The van der Waals surface area contributed by atoms with E-state index in [-0.39, 0.29) is 0 Å². The normalized spacial score (nSPS) is 10.9. The molecule has 0 saturated heterocycles. The molecule has 0 bridgehead atoms. The predicted octanol–water partition coefficient (Wildman–Crippen LogP) is 1.92. The van der Waals surface area contributed by atoms with Crippen LogP contribution in [0, 0.1) is 0 Å². The molecule has 0 aliphatic carbocycles. The first-order valence-corrected chi connectivity index (χ1v) is 6.15. The molecule has 0 spiro atoms. The highest BCUT2D eigenvalue weighted by atomic mass is 79.9. The van der Waals surface area contributed by atoms with Gasteiger partial charge in [-0.1, -0.05) is 15.9 Å². The molecule has 1 aromatic heterocycles. The van der Waals surface area contributed by atoms with Crippen molar-refractivity contribution in [3.8, 4) is 0 Å². The van der Waals surface area contributed by atoms with Crippen LogP contribution in [0.2, 0.25) is 0 Å². The van der Waals surface area contributed by atoms with Crippen LogP contribution in [0.1, 0.15) is 5.56 Å². The summed E-state index contributed by atoms with van der Waals surface area (Å²) in [5.41, 5.74) is 1.29. The summed E-state index contributed by atoms with van der Waals surface area (Å²) in [6.07, 6.45) is 3.66. The Morgan fingerprint density at radius 1 is 1.33 bits per heavy atom. The lowest BCUT2D eigenvalue weighted by molar-refractivity contribution is 0.148. The van der Waals surface area contributed by atoms with E-state index in [0.717, 1.165) is 31.6 Å². The molecule has 0 aliphatic rings. The Morgan fingerprint density at radius 3 is 2.67 bits per heavy atom. The highest BCUT2D eigenvalue weighted by molar-refractivity contribution is 9.09. The molecule has 0 atom stereocenters. The molecular weight excluding hydrogens is 256 g/mol. The van der Waals surface area contributed by atoms with E-state index in [0.29, 0.717) is 0 Å². The van der Waals surface area contributed by atoms with E-state index in [9.17, 15) is 0 Å². The van der Waals surface area contributed by atoms with Crippen molar-refractivity contribution in [2.75, 3.05) is 32.1 Å². The van der Waals surface area contributed by atoms with Gasteiger partial charge in [0.15, 0.2) is 0 Å². The zero-order chi connectivity index (χ0) is 10.9. The minimum atomic E-state index is 0.776. The van der Waals surface area contributed by atoms with E-state index < -0.39 is 0 Å². The number of methoxy groups -OCH3 is 1. The number of pyridine rings is 1. The first-order valence-electron chi connectivity index (χ1n) is 5.03. The number of alkyl halides is 1. The second-order valence-corrected chi connectivity index (χ2v) is 4.11. The Labute approximate surface area is 99.6 Å². The largest absolute Gasteiger partial charge is 0.383 e. The second-order valence-electron chi connectivity index (χ2n) is 3.31. The summed E-state index contributed by atoms with van der Waals surface area (Å²) in [6, 6.07) is 4.10. The van der Waals surface area contributed by atoms with Crippen LogP contribution in [0.3, 0.4) is 0 Å². The fraction of sp³-hybridized carbons (Fsp3) is 0.545. The number of rotatable bonds is 7. The third kappa shape index (κ3) is 5.25. The Bertz CT molecular complexity index is 256. The Balaban J connectivity index is 2.43. The van der Waals surface area contributed by atoms with Crippen molar-refractivity contribution in [2.24, 2.45) is 0 Å². The lowest BCUT2D eigenvalue weighted by Gasteiger charge is -2.20. The molecule has 0 saturated carbocycles. The minimum absolute atomic E-state index is 0.776. The first kappa shape index (κ1) is 12.6. The molecular formula is C11H17BrN2O. The van der Waals surface area contributed by atoms with E-state index in [1.165, 1.54) is 5.56 Å². The third-order valence-electron chi connectivity index (χ3n) is 2.17. The van der Waals surface area contributed by atoms with Crippen LogP contribution >= 0.6 is 15.9 Å². The summed E-state index contributed by atoms with van der Waals surface area (Å²) in [6.45, 7) is 3.73. The molecule has 0 unspecified atom stereocenters. The molecule has 0 aliphatic heterocycles.